The molecule has 0 aliphatic rings. The lowest BCUT2D eigenvalue weighted by atomic mass is 10.4. The van der Waals surface area contributed by atoms with Crippen molar-refractivity contribution in [2.24, 2.45) is 0 Å². The van der Waals surface area contributed by atoms with Crippen LogP contribution in [0.25, 0.3) is 0 Å². The van der Waals surface area contributed by atoms with Crippen LogP contribution in [0.2, 0.25) is 0 Å². The monoisotopic (exact) mass is 214 g/mol. The van der Waals surface area contributed by atoms with Crippen LogP contribution in [0.5, 0.6) is 0 Å². The second-order valence-electron chi connectivity index (χ2n) is 2.97. The normalized spacial score (nSPS) is 12.5. The number of carbonyl (C=O) groups excluding carboxylic acids is 1. The molecule has 1 aromatic heterocycles. The van der Waals surface area contributed by atoms with Gasteiger partial charge in [0.25, 0.3) is 0 Å². The number of rotatable bonds is 4. The Hall–Kier alpha value is -0.970. The first-order valence-electron chi connectivity index (χ1n) is 4.52. The van der Waals surface area contributed by atoms with Crippen LogP contribution in [0.15, 0.2) is 10.6 Å². The highest BCUT2D eigenvalue weighted by atomic mass is 32.1. The third kappa shape index (κ3) is 3.06. The third-order valence-corrected chi connectivity index (χ3v) is 1.98. The molecular formula is C9H14N2O2S. The average Bonchev–Trinajstić information content (AvgIpc) is 2.61. The minimum Gasteiger partial charge on any atom is -0.444 e. The molecule has 0 aromatic carbocycles. The van der Waals surface area contributed by atoms with E-state index in [4.69, 9.17) is 4.42 Å². The van der Waals surface area contributed by atoms with E-state index < -0.39 is 0 Å². The van der Waals surface area contributed by atoms with Crippen LogP contribution in [0.3, 0.4) is 0 Å². The van der Waals surface area contributed by atoms with Crippen molar-refractivity contribution in [1.82, 2.24) is 10.3 Å². The summed E-state index contributed by atoms with van der Waals surface area (Å²) in [5.74, 6) is 1.24. The van der Waals surface area contributed by atoms with Gasteiger partial charge in [-0.15, -0.1) is 0 Å². The van der Waals surface area contributed by atoms with Gasteiger partial charge in [-0.3, -0.25) is 4.79 Å². The fourth-order valence-corrected chi connectivity index (χ4v) is 0.995. The largest absolute Gasteiger partial charge is 0.444 e. The van der Waals surface area contributed by atoms with Crippen molar-refractivity contribution in [2.75, 3.05) is 0 Å². The van der Waals surface area contributed by atoms with Crippen molar-refractivity contribution >= 4 is 18.5 Å². The number of aromatic nitrogens is 1. The van der Waals surface area contributed by atoms with Crippen molar-refractivity contribution in [3.05, 3.63) is 17.8 Å². The number of amides is 1. The predicted octanol–water partition coefficient (Wildman–Crippen LogP) is 1.17. The molecule has 78 valence electrons. The number of aryl methyl sites for hydroxylation is 1. The molecule has 0 fully saturated rings. The maximum absolute atomic E-state index is 11.1. The van der Waals surface area contributed by atoms with E-state index in [0.29, 0.717) is 12.4 Å². The van der Waals surface area contributed by atoms with E-state index in [1.807, 2.05) is 6.92 Å². The standard InChI is InChI=1S/C9H14N2O2S/c1-3-7-4-10-8(13-7)5-11-9(12)6(2)14/h4,6,14H,3,5H2,1-2H3,(H,11,12). The lowest BCUT2D eigenvalue weighted by Crippen LogP contribution is -2.29. The van der Waals surface area contributed by atoms with Gasteiger partial charge < -0.3 is 9.73 Å². The molecule has 14 heavy (non-hydrogen) atoms. The van der Waals surface area contributed by atoms with Crippen molar-refractivity contribution in [1.29, 1.82) is 0 Å². The Morgan fingerprint density at radius 1 is 1.79 bits per heavy atom. The number of thiol groups is 1. The van der Waals surface area contributed by atoms with E-state index in [2.05, 4.69) is 22.9 Å². The van der Waals surface area contributed by atoms with E-state index >= 15 is 0 Å². The minimum absolute atomic E-state index is 0.121. The third-order valence-electron chi connectivity index (χ3n) is 1.74. The molecule has 1 amide bonds. The van der Waals surface area contributed by atoms with Crippen LogP contribution in [0.4, 0.5) is 0 Å². The summed E-state index contributed by atoms with van der Waals surface area (Å²) in [7, 11) is 0. The lowest BCUT2D eigenvalue weighted by Gasteiger charge is -2.03. The van der Waals surface area contributed by atoms with Gasteiger partial charge in [-0.05, 0) is 6.92 Å². The first-order valence-corrected chi connectivity index (χ1v) is 5.04. The lowest BCUT2D eigenvalue weighted by molar-refractivity contribution is -0.120. The summed E-state index contributed by atoms with van der Waals surface area (Å²) < 4.78 is 5.31. The van der Waals surface area contributed by atoms with Gasteiger partial charge in [-0.25, -0.2) is 4.98 Å². The Kier molecular flexibility index (Phi) is 4.00. The van der Waals surface area contributed by atoms with Crippen LogP contribution in [0.1, 0.15) is 25.5 Å². The highest BCUT2D eigenvalue weighted by Crippen LogP contribution is 2.03. The van der Waals surface area contributed by atoms with Crippen LogP contribution >= 0.6 is 12.6 Å². The SMILES string of the molecule is CCc1cnc(CNC(=O)C(C)S)o1. The maximum Gasteiger partial charge on any atom is 0.232 e. The van der Waals surface area contributed by atoms with Crippen molar-refractivity contribution in [2.45, 2.75) is 32.1 Å². The molecule has 1 heterocycles. The summed E-state index contributed by atoms with van der Waals surface area (Å²) in [6.45, 7) is 4.02. The Labute approximate surface area is 88.5 Å². The Balaban J connectivity index is 2.41. The molecule has 0 saturated carbocycles. The summed E-state index contributed by atoms with van der Waals surface area (Å²) in [4.78, 5) is 15.1. The van der Waals surface area contributed by atoms with Gasteiger partial charge in [-0.1, -0.05) is 6.92 Å². The molecule has 0 aliphatic heterocycles. The highest BCUT2D eigenvalue weighted by Gasteiger charge is 2.08. The second kappa shape index (κ2) is 5.05. The molecule has 0 spiro atoms. The molecule has 4 nitrogen and oxygen atoms in total. The van der Waals surface area contributed by atoms with Crippen LogP contribution in [-0.4, -0.2) is 16.1 Å². The number of hydrogen-bond donors (Lipinski definition) is 2. The molecule has 5 heteroatoms. The highest BCUT2D eigenvalue weighted by molar-refractivity contribution is 7.81. The Morgan fingerprint density at radius 3 is 3.00 bits per heavy atom. The Bertz CT molecular complexity index is 310. The first-order chi connectivity index (χ1) is 6.63. The molecule has 0 bridgehead atoms. The number of hydrogen-bond acceptors (Lipinski definition) is 4. The van der Waals surface area contributed by atoms with Crippen molar-refractivity contribution in [3.8, 4) is 0 Å². The van der Waals surface area contributed by atoms with Crippen LogP contribution in [-0.2, 0) is 17.8 Å². The minimum atomic E-state index is -0.310. The van der Waals surface area contributed by atoms with Crippen LogP contribution in [0, 0.1) is 0 Å². The molecule has 0 saturated heterocycles. The summed E-state index contributed by atoms with van der Waals surface area (Å²) in [5, 5.41) is 2.35. The molecule has 1 atom stereocenters. The van der Waals surface area contributed by atoms with Gasteiger partial charge in [-0.2, -0.15) is 12.6 Å². The number of nitrogens with one attached hydrogen (secondary N) is 1. The van der Waals surface area contributed by atoms with Gasteiger partial charge in [0.05, 0.1) is 18.0 Å². The Morgan fingerprint density at radius 2 is 2.50 bits per heavy atom. The summed E-state index contributed by atoms with van der Waals surface area (Å²) in [6.07, 6.45) is 2.48. The topological polar surface area (TPSA) is 55.1 Å². The quantitative estimate of drug-likeness (QED) is 0.740. The zero-order chi connectivity index (χ0) is 10.6. The fraction of sp³-hybridized carbons (Fsp3) is 0.556. The number of carbonyl (C=O) groups is 1. The zero-order valence-electron chi connectivity index (χ0n) is 8.28. The van der Waals surface area contributed by atoms with E-state index in [1.165, 1.54) is 0 Å². The first kappa shape index (κ1) is 11.1. The second-order valence-corrected chi connectivity index (χ2v) is 3.74. The molecule has 0 aliphatic carbocycles. The van der Waals surface area contributed by atoms with Gasteiger partial charge in [0.15, 0.2) is 0 Å². The average molecular weight is 214 g/mol. The molecule has 0 radical (unpaired) electrons. The van der Waals surface area contributed by atoms with Crippen molar-refractivity contribution in [3.63, 3.8) is 0 Å². The van der Waals surface area contributed by atoms with Gasteiger partial charge in [0.2, 0.25) is 11.8 Å². The summed E-state index contributed by atoms with van der Waals surface area (Å²) >= 11 is 4.00. The maximum atomic E-state index is 11.1. The van der Waals surface area contributed by atoms with Gasteiger partial charge in [0.1, 0.15) is 5.76 Å². The molecule has 1 aromatic rings. The van der Waals surface area contributed by atoms with Gasteiger partial charge >= 0.3 is 0 Å². The van der Waals surface area contributed by atoms with E-state index in [0.717, 1.165) is 12.2 Å². The van der Waals surface area contributed by atoms with E-state index in [9.17, 15) is 4.79 Å². The summed E-state index contributed by atoms with van der Waals surface area (Å²) in [6, 6.07) is 0. The predicted molar refractivity (Wildman–Crippen MR) is 56.2 cm³/mol. The van der Waals surface area contributed by atoms with Gasteiger partial charge in [0, 0.05) is 6.42 Å². The number of nitrogens with zero attached hydrogens (tertiary/aromatic N) is 1. The smallest absolute Gasteiger partial charge is 0.232 e. The van der Waals surface area contributed by atoms with Crippen LogP contribution < -0.4 is 5.32 Å². The number of oxazole rings is 1. The van der Waals surface area contributed by atoms with E-state index in [-0.39, 0.29) is 11.2 Å². The molecule has 1 N–H and O–H groups in total. The van der Waals surface area contributed by atoms with E-state index in [1.54, 1.807) is 13.1 Å². The zero-order valence-corrected chi connectivity index (χ0v) is 9.17. The van der Waals surface area contributed by atoms with Crippen molar-refractivity contribution < 1.29 is 9.21 Å². The molecule has 1 unspecified atom stereocenters. The molecular weight excluding hydrogens is 200 g/mol. The summed E-state index contributed by atoms with van der Waals surface area (Å²) in [5.41, 5.74) is 0. The fourth-order valence-electron chi connectivity index (χ4n) is 0.904. The molecule has 1 rings (SSSR count).